The molecule has 0 unspecified atom stereocenters. The summed E-state index contributed by atoms with van der Waals surface area (Å²) >= 11 is 0. The molecule has 29 heavy (non-hydrogen) atoms. The summed E-state index contributed by atoms with van der Waals surface area (Å²) in [6.45, 7) is 11.3. The van der Waals surface area contributed by atoms with E-state index in [2.05, 4.69) is 32.6 Å². The third-order valence-corrected chi connectivity index (χ3v) is 4.64. The van der Waals surface area contributed by atoms with Gasteiger partial charge in [0.2, 0.25) is 0 Å². The van der Waals surface area contributed by atoms with Gasteiger partial charge in [0.1, 0.15) is 5.75 Å². The molecule has 4 nitrogen and oxygen atoms in total. The largest absolute Gasteiger partial charge is 0.508 e. The number of aromatic hydroxyl groups is 2. The maximum absolute atomic E-state index is 11.3. The van der Waals surface area contributed by atoms with Crippen LogP contribution in [0.2, 0.25) is 0 Å². The van der Waals surface area contributed by atoms with Gasteiger partial charge in [-0.05, 0) is 71.4 Å². The predicted octanol–water partition coefficient (Wildman–Crippen LogP) is 6.54. The molecule has 0 bridgehead atoms. The number of phenolic OH excluding ortho intramolecular Hbond substituents is 2. The zero-order chi connectivity index (χ0) is 21.8. The molecule has 0 spiro atoms. The minimum absolute atomic E-state index is 0.00126. The Morgan fingerprint density at radius 3 is 2.07 bits per heavy atom. The third-order valence-electron chi connectivity index (χ3n) is 4.64. The van der Waals surface area contributed by atoms with Gasteiger partial charge in [0, 0.05) is 12.5 Å². The zero-order valence-corrected chi connectivity index (χ0v) is 18.1. The van der Waals surface area contributed by atoms with Crippen LogP contribution in [-0.2, 0) is 11.2 Å². The van der Waals surface area contributed by atoms with Crippen molar-refractivity contribution < 1.29 is 19.7 Å². The van der Waals surface area contributed by atoms with Crippen LogP contribution in [0.3, 0.4) is 0 Å². The van der Waals surface area contributed by atoms with E-state index in [0.717, 1.165) is 32.1 Å². The summed E-state index contributed by atoms with van der Waals surface area (Å²) in [5.41, 5.74) is 4.32. The number of phenols is 2. The predicted molar refractivity (Wildman–Crippen MR) is 119 cm³/mol. The molecule has 0 heterocycles. The Morgan fingerprint density at radius 2 is 1.48 bits per heavy atom. The highest BCUT2D eigenvalue weighted by Crippen LogP contribution is 2.37. The summed E-state index contributed by atoms with van der Waals surface area (Å²) in [5, 5.41) is 20.0. The minimum atomic E-state index is -0.539. The number of allylic oxidation sites excluding steroid dienone is 7. The Labute approximate surface area is 174 Å². The number of rotatable bonds is 11. The molecule has 1 aromatic carbocycles. The number of hydrogen-bond acceptors (Lipinski definition) is 4. The number of esters is 1. The summed E-state index contributed by atoms with van der Waals surface area (Å²) < 4.78 is 5.07. The molecule has 0 saturated heterocycles. The molecule has 0 saturated carbocycles. The Bertz CT molecular complexity index is 797. The molecule has 0 aliphatic heterocycles. The monoisotopic (exact) mass is 398 g/mol. The van der Waals surface area contributed by atoms with Crippen molar-refractivity contribution in [1.82, 2.24) is 0 Å². The molecule has 0 radical (unpaired) electrons. The fourth-order valence-electron chi connectivity index (χ4n) is 2.94. The molecule has 0 atom stereocenters. The van der Waals surface area contributed by atoms with E-state index in [1.165, 1.54) is 35.8 Å². The van der Waals surface area contributed by atoms with Crippen LogP contribution in [0.1, 0.15) is 65.4 Å². The fraction of sp³-hybridized carbons (Fsp3) is 0.400. The van der Waals surface area contributed by atoms with Crippen molar-refractivity contribution >= 4 is 5.97 Å². The normalized spacial score (nSPS) is 12.8. The fourth-order valence-corrected chi connectivity index (χ4v) is 2.94. The molecular weight excluding hydrogens is 364 g/mol. The molecule has 0 aliphatic carbocycles. The smallest absolute Gasteiger partial charge is 0.308 e. The average Bonchev–Trinajstić information content (AvgIpc) is 2.64. The van der Waals surface area contributed by atoms with Crippen molar-refractivity contribution in [3.8, 4) is 17.2 Å². The topological polar surface area (TPSA) is 66.8 Å². The van der Waals surface area contributed by atoms with Gasteiger partial charge >= 0.3 is 5.97 Å². The number of carbonyl (C=O) groups is 1. The van der Waals surface area contributed by atoms with E-state index < -0.39 is 5.97 Å². The van der Waals surface area contributed by atoms with Crippen molar-refractivity contribution in [3.05, 3.63) is 65.3 Å². The lowest BCUT2D eigenvalue weighted by Gasteiger charge is -2.11. The van der Waals surface area contributed by atoms with Crippen molar-refractivity contribution in [2.45, 2.75) is 66.2 Å². The van der Waals surface area contributed by atoms with Gasteiger partial charge in [-0.3, -0.25) is 4.79 Å². The molecule has 158 valence electrons. The van der Waals surface area contributed by atoms with E-state index in [1.54, 1.807) is 0 Å². The Hall–Kier alpha value is -2.75. The average molecular weight is 399 g/mol. The molecule has 4 heteroatoms. The van der Waals surface area contributed by atoms with Crippen LogP contribution in [-0.4, -0.2) is 16.2 Å². The summed E-state index contributed by atoms with van der Waals surface area (Å²) in [6, 6.07) is 2.72. The van der Waals surface area contributed by atoms with Crippen LogP contribution in [0.15, 0.2) is 59.7 Å². The molecule has 0 fully saturated rings. The number of hydrogen-bond donors (Lipinski definition) is 2. The number of benzene rings is 1. The first-order chi connectivity index (χ1) is 13.7. The summed E-state index contributed by atoms with van der Waals surface area (Å²) in [7, 11) is 0. The lowest BCUT2D eigenvalue weighted by atomic mass is 10.0. The van der Waals surface area contributed by atoms with E-state index in [0.29, 0.717) is 12.0 Å². The van der Waals surface area contributed by atoms with Gasteiger partial charge in [0.25, 0.3) is 0 Å². The quantitative estimate of drug-likeness (QED) is 0.192. The van der Waals surface area contributed by atoms with E-state index >= 15 is 0 Å². The second-order valence-electron chi connectivity index (χ2n) is 7.43. The number of carbonyl (C=O) groups excluding carboxylic acids is 1. The van der Waals surface area contributed by atoms with Crippen LogP contribution >= 0.6 is 0 Å². The van der Waals surface area contributed by atoms with Crippen molar-refractivity contribution in [3.63, 3.8) is 0 Å². The van der Waals surface area contributed by atoms with Crippen LogP contribution in [0.5, 0.6) is 17.2 Å². The molecular formula is C25H34O4. The zero-order valence-electron chi connectivity index (χ0n) is 18.1. The van der Waals surface area contributed by atoms with E-state index in [-0.39, 0.29) is 17.2 Å². The molecule has 1 aromatic rings. The minimum Gasteiger partial charge on any atom is -0.508 e. The van der Waals surface area contributed by atoms with Gasteiger partial charge in [-0.25, -0.2) is 0 Å². The van der Waals surface area contributed by atoms with Gasteiger partial charge in [0.15, 0.2) is 11.5 Å². The van der Waals surface area contributed by atoms with Crippen LogP contribution in [0.25, 0.3) is 0 Å². The van der Waals surface area contributed by atoms with Crippen LogP contribution < -0.4 is 4.74 Å². The molecule has 1 rings (SSSR count). The van der Waals surface area contributed by atoms with Gasteiger partial charge in [-0.1, -0.05) is 41.0 Å². The third kappa shape index (κ3) is 9.33. The standard InChI is InChI=1S/C25H34O4/c1-6-9-18(2)10-7-11-19(3)12-8-13-20(4)14-15-22-23(27)16-17-24(28)25(22)29-21(5)26/h6,10,12,14,16-17,27-28H,1,7-9,11,13,15H2,2-5H3/b18-10+,19-12+,20-14+. The lowest BCUT2D eigenvalue weighted by Crippen LogP contribution is -2.04. The van der Waals surface area contributed by atoms with Crippen molar-refractivity contribution in [1.29, 1.82) is 0 Å². The van der Waals surface area contributed by atoms with Gasteiger partial charge in [0.05, 0.1) is 0 Å². The van der Waals surface area contributed by atoms with E-state index in [4.69, 9.17) is 4.74 Å². The molecule has 0 aromatic heterocycles. The van der Waals surface area contributed by atoms with Crippen LogP contribution in [0.4, 0.5) is 0 Å². The van der Waals surface area contributed by atoms with E-state index in [1.807, 2.05) is 19.1 Å². The first-order valence-electron chi connectivity index (χ1n) is 10.0. The van der Waals surface area contributed by atoms with E-state index in [9.17, 15) is 15.0 Å². The highest BCUT2D eigenvalue weighted by Gasteiger charge is 2.15. The lowest BCUT2D eigenvalue weighted by molar-refractivity contribution is -0.132. The maximum Gasteiger partial charge on any atom is 0.308 e. The molecule has 0 amide bonds. The van der Waals surface area contributed by atoms with Gasteiger partial charge in [-0.2, -0.15) is 0 Å². The molecule has 0 aliphatic rings. The Kier molecular flexibility index (Phi) is 10.6. The summed E-state index contributed by atoms with van der Waals surface area (Å²) in [6.07, 6.45) is 13.7. The first kappa shape index (κ1) is 24.3. The van der Waals surface area contributed by atoms with Gasteiger partial charge in [-0.15, -0.1) is 6.58 Å². The number of ether oxygens (including phenoxy) is 1. The second-order valence-corrected chi connectivity index (χ2v) is 7.43. The molecule has 2 N–H and O–H groups in total. The highest BCUT2D eigenvalue weighted by molar-refractivity contribution is 5.72. The first-order valence-corrected chi connectivity index (χ1v) is 10.0. The van der Waals surface area contributed by atoms with Crippen molar-refractivity contribution in [2.75, 3.05) is 0 Å². The van der Waals surface area contributed by atoms with Crippen molar-refractivity contribution in [2.24, 2.45) is 0 Å². The second kappa shape index (κ2) is 12.7. The maximum atomic E-state index is 11.3. The Balaban J connectivity index is 2.63. The summed E-state index contributed by atoms with van der Waals surface area (Å²) in [4.78, 5) is 11.3. The van der Waals surface area contributed by atoms with Crippen LogP contribution in [0, 0.1) is 0 Å². The SMILES string of the molecule is C=CC/C(C)=C/CC/C(C)=C/CC/C(C)=C/Cc1c(O)ccc(O)c1OC(C)=O. The highest BCUT2D eigenvalue weighted by atomic mass is 16.5. The Morgan fingerprint density at radius 1 is 0.931 bits per heavy atom. The van der Waals surface area contributed by atoms with Gasteiger partial charge < -0.3 is 14.9 Å². The summed E-state index contributed by atoms with van der Waals surface area (Å²) in [5.74, 6) is -0.672.